The van der Waals surface area contributed by atoms with Gasteiger partial charge in [-0.3, -0.25) is 0 Å². The Morgan fingerprint density at radius 1 is 0.667 bits per heavy atom. The highest BCUT2D eigenvalue weighted by atomic mass is 16.5. The van der Waals surface area contributed by atoms with Gasteiger partial charge in [0, 0.05) is 6.61 Å². The molecule has 0 aromatic heterocycles. The van der Waals surface area contributed by atoms with E-state index in [-0.39, 0.29) is 30.7 Å². The van der Waals surface area contributed by atoms with Crippen LogP contribution in [0, 0.1) is 12.3 Å². The Balaban J connectivity index is 3.13. The molecule has 1 unspecified atom stereocenters. The monoisotopic (exact) mass is 506 g/mol. The molecule has 4 heteroatoms. The minimum atomic E-state index is -1.16. The van der Waals surface area contributed by atoms with Crippen LogP contribution >= 0.6 is 0 Å². The summed E-state index contributed by atoms with van der Waals surface area (Å²) in [5.41, 5.74) is 3.03. The molecular weight excluding hydrogens is 448 g/mol. The van der Waals surface area contributed by atoms with Gasteiger partial charge in [0.2, 0.25) is 0 Å². The molecule has 0 fully saturated rings. The minimum Gasteiger partial charge on any atom is -0.395 e. The Kier molecular flexibility index (Phi) is 14.2. The maximum atomic E-state index is 10.4. The van der Waals surface area contributed by atoms with Gasteiger partial charge in [0.1, 0.15) is 0 Å². The number of rotatable bonds is 17. The molecule has 3 N–H and O–H groups in total. The normalized spacial score (nSPS) is 13.9. The van der Waals surface area contributed by atoms with Gasteiger partial charge in [-0.15, -0.1) is 0 Å². The Morgan fingerprint density at radius 3 is 1.42 bits per heavy atom. The smallest absolute Gasteiger partial charge is 0.0953 e. The highest BCUT2D eigenvalue weighted by molar-refractivity contribution is 5.47. The standard InChI is InChI=1S/C32H58O4/c1-9-10-11-12-13-14-15-16-17-18-19-36-29(32(22-33,23-34)24-35)28-26(30(3,4)5)20-25(2)21-27(28)31(6,7)8/h20-21,29,33-35H,9-19,22-24H2,1-8H3. The van der Waals surface area contributed by atoms with E-state index in [1.165, 1.54) is 56.9 Å². The SMILES string of the molecule is CCCCCCCCCCCCOC(c1c(C(C)(C)C)cc(C)cc1C(C)(C)C)C(CO)(CO)CO. The second kappa shape index (κ2) is 15.5. The zero-order valence-corrected chi connectivity index (χ0v) is 24.9. The van der Waals surface area contributed by atoms with Crippen LogP contribution in [0.1, 0.15) is 141 Å². The van der Waals surface area contributed by atoms with Crippen LogP contribution in [0.15, 0.2) is 12.1 Å². The van der Waals surface area contributed by atoms with E-state index in [1.807, 2.05) is 0 Å². The average molecular weight is 507 g/mol. The Morgan fingerprint density at radius 2 is 1.06 bits per heavy atom. The number of benzene rings is 1. The molecule has 0 saturated heterocycles. The molecule has 0 aliphatic carbocycles. The highest BCUT2D eigenvalue weighted by Crippen LogP contribution is 2.46. The topological polar surface area (TPSA) is 69.9 Å². The molecule has 0 radical (unpaired) electrons. The summed E-state index contributed by atoms with van der Waals surface area (Å²) in [7, 11) is 0. The fourth-order valence-electron chi connectivity index (χ4n) is 5.08. The first-order chi connectivity index (χ1) is 16.9. The van der Waals surface area contributed by atoms with Crippen molar-refractivity contribution in [1.82, 2.24) is 0 Å². The molecule has 0 saturated carbocycles. The molecule has 1 aromatic rings. The molecule has 0 spiro atoms. The Bertz CT molecular complexity index is 694. The first kappa shape index (κ1) is 33.1. The van der Waals surface area contributed by atoms with E-state index < -0.39 is 11.5 Å². The van der Waals surface area contributed by atoms with Gasteiger partial charge < -0.3 is 20.1 Å². The van der Waals surface area contributed by atoms with Crippen molar-refractivity contribution in [3.8, 4) is 0 Å². The molecule has 1 rings (SSSR count). The Hall–Kier alpha value is -0.940. The molecule has 4 nitrogen and oxygen atoms in total. The molecule has 0 heterocycles. The average Bonchev–Trinajstić information content (AvgIpc) is 2.81. The van der Waals surface area contributed by atoms with Gasteiger partial charge in [-0.1, -0.05) is 124 Å². The number of hydrogen-bond donors (Lipinski definition) is 3. The van der Waals surface area contributed by atoms with Crippen molar-refractivity contribution in [3.63, 3.8) is 0 Å². The van der Waals surface area contributed by atoms with Crippen LogP contribution in [0.5, 0.6) is 0 Å². The van der Waals surface area contributed by atoms with Gasteiger partial charge >= 0.3 is 0 Å². The minimum absolute atomic E-state index is 0.161. The summed E-state index contributed by atoms with van der Waals surface area (Å²) in [6.07, 6.45) is 11.9. The molecule has 0 aliphatic rings. The molecule has 210 valence electrons. The predicted octanol–water partition coefficient (Wildman–Crippen LogP) is 7.53. The van der Waals surface area contributed by atoms with E-state index in [1.54, 1.807) is 0 Å². The molecule has 0 amide bonds. The van der Waals surface area contributed by atoms with Crippen molar-refractivity contribution in [2.45, 2.75) is 137 Å². The highest BCUT2D eigenvalue weighted by Gasteiger charge is 2.44. The largest absolute Gasteiger partial charge is 0.395 e. The number of aliphatic hydroxyl groups excluding tert-OH is 3. The molecule has 1 aromatic carbocycles. The van der Waals surface area contributed by atoms with E-state index in [0.717, 1.165) is 29.5 Å². The maximum Gasteiger partial charge on any atom is 0.0953 e. The first-order valence-electron chi connectivity index (χ1n) is 14.5. The lowest BCUT2D eigenvalue weighted by Gasteiger charge is -2.42. The summed E-state index contributed by atoms with van der Waals surface area (Å²) in [5.74, 6) is 0. The van der Waals surface area contributed by atoms with Gasteiger partial charge in [-0.25, -0.2) is 0 Å². The van der Waals surface area contributed by atoms with Crippen molar-refractivity contribution < 1.29 is 20.1 Å². The van der Waals surface area contributed by atoms with Crippen molar-refractivity contribution >= 4 is 0 Å². The lowest BCUT2D eigenvalue weighted by molar-refractivity contribution is -0.118. The number of unbranched alkanes of at least 4 members (excludes halogenated alkanes) is 9. The summed E-state index contributed by atoms with van der Waals surface area (Å²) in [5, 5.41) is 31.3. The van der Waals surface area contributed by atoms with E-state index in [9.17, 15) is 15.3 Å². The lowest BCUT2D eigenvalue weighted by Crippen LogP contribution is -2.43. The lowest BCUT2D eigenvalue weighted by atomic mass is 9.69. The fourth-order valence-corrected chi connectivity index (χ4v) is 5.08. The molecule has 1 atom stereocenters. The summed E-state index contributed by atoms with van der Waals surface area (Å²) >= 11 is 0. The fraction of sp³-hybridized carbons (Fsp3) is 0.812. The zero-order chi connectivity index (χ0) is 27.4. The van der Waals surface area contributed by atoms with E-state index in [2.05, 4.69) is 67.5 Å². The first-order valence-corrected chi connectivity index (χ1v) is 14.5. The van der Waals surface area contributed by atoms with Crippen molar-refractivity contribution in [3.05, 3.63) is 34.4 Å². The summed E-state index contributed by atoms with van der Waals surface area (Å²) in [4.78, 5) is 0. The maximum absolute atomic E-state index is 10.4. The van der Waals surface area contributed by atoms with Crippen LogP contribution in [0.3, 0.4) is 0 Å². The van der Waals surface area contributed by atoms with Crippen LogP contribution in [0.2, 0.25) is 0 Å². The molecule has 36 heavy (non-hydrogen) atoms. The van der Waals surface area contributed by atoms with Crippen LogP contribution < -0.4 is 0 Å². The zero-order valence-electron chi connectivity index (χ0n) is 24.9. The summed E-state index contributed by atoms with van der Waals surface area (Å²) in [6, 6.07) is 4.41. The van der Waals surface area contributed by atoms with E-state index >= 15 is 0 Å². The van der Waals surface area contributed by atoms with Gasteiger partial charge in [-0.2, -0.15) is 0 Å². The molecule has 0 bridgehead atoms. The van der Waals surface area contributed by atoms with Crippen molar-refractivity contribution in [1.29, 1.82) is 0 Å². The third kappa shape index (κ3) is 9.74. The van der Waals surface area contributed by atoms with Gasteiger partial charge in [-0.05, 0) is 40.9 Å². The van der Waals surface area contributed by atoms with E-state index in [0.29, 0.717) is 6.61 Å². The molecular formula is C32H58O4. The second-order valence-corrected chi connectivity index (χ2v) is 13.0. The van der Waals surface area contributed by atoms with Crippen molar-refractivity contribution in [2.75, 3.05) is 26.4 Å². The van der Waals surface area contributed by atoms with Crippen LogP contribution in [0.25, 0.3) is 0 Å². The van der Waals surface area contributed by atoms with Crippen LogP contribution in [0.4, 0.5) is 0 Å². The number of ether oxygens (including phenoxy) is 1. The summed E-state index contributed by atoms with van der Waals surface area (Å²) in [6.45, 7) is 17.0. The second-order valence-electron chi connectivity index (χ2n) is 13.0. The number of hydrogen-bond acceptors (Lipinski definition) is 4. The van der Waals surface area contributed by atoms with Gasteiger partial charge in [0.15, 0.2) is 0 Å². The third-order valence-corrected chi connectivity index (χ3v) is 7.49. The van der Waals surface area contributed by atoms with Gasteiger partial charge in [0.05, 0.1) is 31.3 Å². The predicted molar refractivity (Wildman–Crippen MR) is 153 cm³/mol. The number of aryl methyl sites for hydroxylation is 1. The van der Waals surface area contributed by atoms with Crippen LogP contribution in [-0.2, 0) is 15.6 Å². The third-order valence-electron chi connectivity index (χ3n) is 7.49. The van der Waals surface area contributed by atoms with E-state index in [4.69, 9.17) is 4.74 Å². The summed E-state index contributed by atoms with van der Waals surface area (Å²) < 4.78 is 6.57. The Labute approximate surface area is 222 Å². The quantitative estimate of drug-likeness (QED) is 0.191. The molecule has 0 aliphatic heterocycles. The number of aliphatic hydroxyl groups is 3. The van der Waals surface area contributed by atoms with Crippen molar-refractivity contribution in [2.24, 2.45) is 5.41 Å². The van der Waals surface area contributed by atoms with Crippen LogP contribution in [-0.4, -0.2) is 41.7 Å². The van der Waals surface area contributed by atoms with Gasteiger partial charge in [0.25, 0.3) is 0 Å².